The maximum atomic E-state index is 5.90. The summed E-state index contributed by atoms with van der Waals surface area (Å²) in [6.07, 6.45) is 5.82. The Labute approximate surface area is 64.6 Å². The van der Waals surface area contributed by atoms with Crippen molar-refractivity contribution >= 4 is 7.49 Å². The van der Waals surface area contributed by atoms with Gasteiger partial charge in [-0.3, -0.25) is 0 Å². The van der Waals surface area contributed by atoms with E-state index in [1.807, 2.05) is 0 Å². The molecule has 0 aromatic rings. The second kappa shape index (κ2) is 3.19. The first kappa shape index (κ1) is 8.49. The maximum Gasteiger partial charge on any atom is 0.143 e. The van der Waals surface area contributed by atoms with Crippen molar-refractivity contribution in [3.05, 3.63) is 0 Å². The molecule has 0 aromatic heterocycles. The Bertz CT molecular complexity index is 112. The van der Waals surface area contributed by atoms with Crippen LogP contribution in [0.3, 0.4) is 0 Å². The Hall–Kier alpha value is 0.390. The largest absolute Gasteiger partial charge is 0.235 e. The third kappa shape index (κ3) is 1.93. The number of rotatable bonds is 2. The molecule has 1 fully saturated rings. The molecular formula is C8H18OP+. The molecule has 0 spiro atoms. The van der Waals surface area contributed by atoms with Gasteiger partial charge in [0.1, 0.15) is 13.6 Å². The van der Waals surface area contributed by atoms with Gasteiger partial charge in [-0.15, -0.1) is 0 Å². The van der Waals surface area contributed by atoms with Crippen LogP contribution in [0.4, 0.5) is 0 Å². The molecular weight excluding hydrogens is 143 g/mol. The molecule has 0 aliphatic carbocycles. The van der Waals surface area contributed by atoms with E-state index in [1.54, 1.807) is 0 Å². The second-order valence-corrected chi connectivity index (χ2v) is 7.15. The quantitative estimate of drug-likeness (QED) is 0.566. The van der Waals surface area contributed by atoms with Gasteiger partial charge in [-0.25, -0.2) is 4.52 Å². The first-order valence-corrected chi connectivity index (χ1v) is 6.72. The summed E-state index contributed by atoms with van der Waals surface area (Å²) in [6.45, 7) is 6.79. The van der Waals surface area contributed by atoms with E-state index in [9.17, 15) is 0 Å². The molecule has 1 heterocycles. The third-order valence-electron chi connectivity index (χ3n) is 2.14. The summed E-state index contributed by atoms with van der Waals surface area (Å²) < 4.78 is 5.90. The number of hydrogen-bond donors (Lipinski definition) is 0. The lowest BCUT2D eigenvalue weighted by Crippen LogP contribution is -1.99. The predicted molar refractivity (Wildman–Crippen MR) is 48.0 cm³/mol. The normalized spacial score (nSPS) is 40.5. The van der Waals surface area contributed by atoms with Crippen LogP contribution in [0.5, 0.6) is 0 Å². The van der Waals surface area contributed by atoms with Crippen LogP contribution in [0, 0.1) is 0 Å². The number of hydrogen-bond acceptors (Lipinski definition) is 1. The smallest absolute Gasteiger partial charge is 0.143 e. The molecule has 10 heavy (non-hydrogen) atoms. The Morgan fingerprint density at radius 1 is 1.60 bits per heavy atom. The van der Waals surface area contributed by atoms with Crippen molar-refractivity contribution in [3.8, 4) is 0 Å². The zero-order valence-corrected chi connectivity index (χ0v) is 8.16. The average molecular weight is 161 g/mol. The SMILES string of the molecule is CCC[P+]1(C)CCC(C)O1. The molecule has 1 nitrogen and oxygen atoms in total. The molecule has 1 rings (SSSR count). The minimum Gasteiger partial charge on any atom is -0.235 e. The lowest BCUT2D eigenvalue weighted by Gasteiger charge is -2.13. The molecule has 0 radical (unpaired) electrons. The van der Waals surface area contributed by atoms with E-state index in [-0.39, 0.29) is 0 Å². The first-order chi connectivity index (χ1) is 4.66. The van der Waals surface area contributed by atoms with Crippen LogP contribution in [-0.4, -0.2) is 25.1 Å². The second-order valence-electron chi connectivity index (χ2n) is 3.45. The van der Waals surface area contributed by atoms with Crippen molar-refractivity contribution in [2.45, 2.75) is 32.8 Å². The molecule has 0 N–H and O–H groups in total. The summed E-state index contributed by atoms with van der Waals surface area (Å²) in [7, 11) is -0.876. The van der Waals surface area contributed by atoms with Crippen LogP contribution in [0.2, 0.25) is 0 Å². The summed E-state index contributed by atoms with van der Waals surface area (Å²) in [4.78, 5) is 0. The fourth-order valence-electron chi connectivity index (χ4n) is 1.63. The van der Waals surface area contributed by atoms with Crippen LogP contribution in [0.15, 0.2) is 0 Å². The molecule has 0 amide bonds. The fourth-order valence-corrected chi connectivity index (χ4v) is 4.90. The lowest BCUT2D eigenvalue weighted by atomic mass is 10.3. The van der Waals surface area contributed by atoms with Gasteiger partial charge in [0.2, 0.25) is 0 Å². The molecule has 2 unspecified atom stereocenters. The van der Waals surface area contributed by atoms with Crippen molar-refractivity contribution in [2.75, 3.05) is 19.0 Å². The van der Waals surface area contributed by atoms with Gasteiger partial charge in [0.05, 0.1) is 19.0 Å². The van der Waals surface area contributed by atoms with Gasteiger partial charge in [0.15, 0.2) is 0 Å². The molecule has 1 saturated heterocycles. The highest BCUT2D eigenvalue weighted by atomic mass is 31.2. The van der Waals surface area contributed by atoms with Gasteiger partial charge < -0.3 is 0 Å². The predicted octanol–water partition coefficient (Wildman–Crippen LogP) is 2.77. The highest BCUT2D eigenvalue weighted by molar-refractivity contribution is 7.70. The van der Waals surface area contributed by atoms with Crippen molar-refractivity contribution in [2.24, 2.45) is 0 Å². The van der Waals surface area contributed by atoms with E-state index in [4.69, 9.17) is 4.52 Å². The highest BCUT2D eigenvalue weighted by Crippen LogP contribution is 2.62. The summed E-state index contributed by atoms with van der Waals surface area (Å²) in [6, 6.07) is 0. The van der Waals surface area contributed by atoms with E-state index in [2.05, 4.69) is 20.5 Å². The van der Waals surface area contributed by atoms with Crippen LogP contribution in [0.25, 0.3) is 0 Å². The highest BCUT2D eigenvalue weighted by Gasteiger charge is 2.40. The topological polar surface area (TPSA) is 9.23 Å². The minimum absolute atomic E-state index is 0.546. The van der Waals surface area contributed by atoms with Gasteiger partial charge in [-0.1, -0.05) is 6.92 Å². The Morgan fingerprint density at radius 2 is 2.30 bits per heavy atom. The summed E-state index contributed by atoms with van der Waals surface area (Å²) in [5.74, 6) is 0. The van der Waals surface area contributed by atoms with Gasteiger partial charge in [-0.05, 0) is 13.3 Å². The van der Waals surface area contributed by atoms with Gasteiger partial charge in [0, 0.05) is 6.42 Å². The van der Waals surface area contributed by atoms with Crippen molar-refractivity contribution < 1.29 is 4.52 Å². The molecule has 1 aliphatic rings. The Morgan fingerprint density at radius 3 is 2.70 bits per heavy atom. The summed E-state index contributed by atoms with van der Waals surface area (Å²) >= 11 is 0. The van der Waals surface area contributed by atoms with E-state index < -0.39 is 7.49 Å². The molecule has 0 aromatic carbocycles. The van der Waals surface area contributed by atoms with Crippen LogP contribution < -0.4 is 0 Å². The molecule has 2 atom stereocenters. The van der Waals surface area contributed by atoms with E-state index in [1.165, 1.54) is 25.2 Å². The molecule has 2 heteroatoms. The first-order valence-electron chi connectivity index (χ1n) is 4.19. The zero-order chi connectivity index (χ0) is 7.61. The molecule has 0 saturated carbocycles. The van der Waals surface area contributed by atoms with E-state index >= 15 is 0 Å². The minimum atomic E-state index is -0.876. The van der Waals surface area contributed by atoms with E-state index in [0.29, 0.717) is 6.10 Å². The standard InChI is InChI=1S/C8H18OP/c1-4-6-10(3)7-5-8(2)9-10/h8H,4-7H2,1-3H3/q+1. The monoisotopic (exact) mass is 161 g/mol. The lowest BCUT2D eigenvalue weighted by molar-refractivity contribution is 0.268. The summed E-state index contributed by atoms with van der Waals surface area (Å²) in [5, 5.41) is 0. The molecule has 0 bridgehead atoms. The maximum absolute atomic E-state index is 5.90. The van der Waals surface area contributed by atoms with E-state index in [0.717, 1.165) is 0 Å². The zero-order valence-electron chi connectivity index (χ0n) is 7.26. The molecule has 1 aliphatic heterocycles. The van der Waals surface area contributed by atoms with Crippen LogP contribution >= 0.6 is 7.49 Å². The average Bonchev–Trinajstić information content (AvgIpc) is 2.12. The van der Waals surface area contributed by atoms with Crippen molar-refractivity contribution in [1.29, 1.82) is 0 Å². The molecule has 60 valence electrons. The van der Waals surface area contributed by atoms with Crippen molar-refractivity contribution in [1.82, 2.24) is 0 Å². The van der Waals surface area contributed by atoms with Crippen molar-refractivity contribution in [3.63, 3.8) is 0 Å². The third-order valence-corrected chi connectivity index (χ3v) is 5.61. The van der Waals surface area contributed by atoms with Gasteiger partial charge >= 0.3 is 0 Å². The Balaban J connectivity index is 2.38. The summed E-state index contributed by atoms with van der Waals surface area (Å²) in [5.41, 5.74) is 0. The van der Waals surface area contributed by atoms with Gasteiger partial charge in [-0.2, -0.15) is 0 Å². The van der Waals surface area contributed by atoms with Crippen LogP contribution in [0.1, 0.15) is 26.7 Å². The van der Waals surface area contributed by atoms with Gasteiger partial charge in [0.25, 0.3) is 0 Å². The van der Waals surface area contributed by atoms with Crippen LogP contribution in [-0.2, 0) is 4.52 Å². The fraction of sp³-hybridized carbons (Fsp3) is 1.00. The Kier molecular flexibility index (Phi) is 2.71.